The number of hydrogen-bond acceptors (Lipinski definition) is 4. The zero-order chi connectivity index (χ0) is 17.0. The van der Waals surface area contributed by atoms with Crippen LogP contribution in [0, 0.1) is 19.7 Å². The molecule has 1 atom stereocenters. The van der Waals surface area contributed by atoms with E-state index in [0.717, 1.165) is 6.20 Å². The Kier molecular flexibility index (Phi) is 4.95. The highest BCUT2D eigenvalue weighted by molar-refractivity contribution is 5.91. The van der Waals surface area contributed by atoms with E-state index in [0.29, 0.717) is 22.6 Å². The van der Waals surface area contributed by atoms with E-state index in [-0.39, 0.29) is 6.54 Å². The minimum absolute atomic E-state index is 0.0252. The van der Waals surface area contributed by atoms with Crippen molar-refractivity contribution in [3.8, 4) is 0 Å². The molecule has 2 rings (SSSR count). The predicted octanol–water partition coefficient (Wildman–Crippen LogP) is 2.47. The molecule has 0 radical (unpaired) electrons. The van der Waals surface area contributed by atoms with Crippen molar-refractivity contribution in [3.05, 3.63) is 59.1 Å². The molecule has 6 heteroatoms. The van der Waals surface area contributed by atoms with E-state index in [1.54, 1.807) is 26.8 Å². The van der Waals surface area contributed by atoms with Gasteiger partial charge in [-0.1, -0.05) is 0 Å². The second-order valence-electron chi connectivity index (χ2n) is 5.59. The summed E-state index contributed by atoms with van der Waals surface area (Å²) in [6.07, 6.45) is 5.25. The Hall–Kier alpha value is -2.47. The van der Waals surface area contributed by atoms with Gasteiger partial charge in [0.15, 0.2) is 0 Å². The topological polar surface area (TPSA) is 75.4 Å². The molecular formula is C17H19FN2O3. The Morgan fingerprint density at radius 1 is 1.43 bits per heavy atom. The molecule has 0 saturated heterocycles. The normalized spacial score (nSPS) is 14.0. The number of halogens is 1. The van der Waals surface area contributed by atoms with Gasteiger partial charge in [-0.05, 0) is 44.5 Å². The first kappa shape index (κ1) is 16.9. The third-order valence-corrected chi connectivity index (χ3v) is 3.38. The number of nitrogens with zero attached hydrogens (tertiary/aromatic N) is 1. The largest absolute Gasteiger partial charge is 0.466 e. The Balaban J connectivity index is 1.97. The number of carbonyl (C=O) groups excluding carboxylic acids is 1. The van der Waals surface area contributed by atoms with Crippen molar-refractivity contribution < 1.29 is 18.7 Å². The maximum Gasteiger partial charge on any atom is 0.244 e. The molecule has 1 unspecified atom stereocenters. The van der Waals surface area contributed by atoms with Gasteiger partial charge in [0.1, 0.15) is 22.9 Å². The second-order valence-corrected chi connectivity index (χ2v) is 5.59. The molecule has 1 amide bonds. The number of aromatic nitrogens is 1. The van der Waals surface area contributed by atoms with Crippen molar-refractivity contribution >= 4 is 12.0 Å². The summed E-state index contributed by atoms with van der Waals surface area (Å²) < 4.78 is 18.4. The average molecular weight is 318 g/mol. The van der Waals surface area contributed by atoms with Gasteiger partial charge in [-0.25, -0.2) is 4.39 Å². The molecule has 122 valence electrons. The minimum atomic E-state index is -1.24. The first-order valence-electron chi connectivity index (χ1n) is 7.14. The lowest BCUT2D eigenvalue weighted by Gasteiger charge is -2.22. The first-order valence-corrected chi connectivity index (χ1v) is 7.14. The number of nitrogens with one attached hydrogen (secondary N) is 1. The van der Waals surface area contributed by atoms with E-state index in [9.17, 15) is 14.3 Å². The van der Waals surface area contributed by atoms with Crippen molar-refractivity contribution in [3.63, 3.8) is 0 Å². The lowest BCUT2D eigenvalue weighted by Crippen LogP contribution is -2.38. The Morgan fingerprint density at radius 2 is 2.17 bits per heavy atom. The maximum absolute atomic E-state index is 13.0. The number of amides is 1. The molecule has 2 aromatic heterocycles. The summed E-state index contributed by atoms with van der Waals surface area (Å²) in [5.74, 6) is 0.444. The van der Waals surface area contributed by atoms with Gasteiger partial charge in [0.25, 0.3) is 0 Å². The van der Waals surface area contributed by atoms with Gasteiger partial charge in [-0.3, -0.25) is 9.78 Å². The van der Waals surface area contributed by atoms with Crippen molar-refractivity contribution in [2.75, 3.05) is 6.54 Å². The highest BCUT2D eigenvalue weighted by Gasteiger charge is 2.27. The van der Waals surface area contributed by atoms with Crippen LogP contribution in [0.3, 0.4) is 0 Å². The molecular weight excluding hydrogens is 299 g/mol. The van der Waals surface area contributed by atoms with Gasteiger partial charge in [-0.15, -0.1) is 0 Å². The van der Waals surface area contributed by atoms with E-state index in [4.69, 9.17) is 4.42 Å². The summed E-state index contributed by atoms with van der Waals surface area (Å²) in [7, 11) is 0. The zero-order valence-electron chi connectivity index (χ0n) is 13.3. The molecule has 0 aliphatic heterocycles. The highest BCUT2D eigenvalue weighted by Crippen LogP contribution is 2.26. The lowest BCUT2D eigenvalue weighted by molar-refractivity contribution is -0.117. The van der Waals surface area contributed by atoms with Crippen LogP contribution in [0.15, 0.2) is 35.0 Å². The summed E-state index contributed by atoms with van der Waals surface area (Å²) in [5.41, 5.74) is -0.131. The Bertz CT molecular complexity index is 735. The minimum Gasteiger partial charge on any atom is -0.466 e. The molecule has 0 aromatic carbocycles. The van der Waals surface area contributed by atoms with Gasteiger partial charge in [0.2, 0.25) is 5.91 Å². The summed E-state index contributed by atoms with van der Waals surface area (Å²) in [6.45, 7) is 5.18. The summed E-state index contributed by atoms with van der Waals surface area (Å²) in [4.78, 5) is 15.5. The molecule has 0 spiro atoms. The van der Waals surface area contributed by atoms with Crippen LogP contribution in [0.2, 0.25) is 0 Å². The van der Waals surface area contributed by atoms with E-state index in [2.05, 4.69) is 10.3 Å². The molecule has 0 aliphatic carbocycles. The molecule has 2 N–H and O–H groups in total. The summed E-state index contributed by atoms with van der Waals surface area (Å²) >= 11 is 0. The molecule has 2 aromatic rings. The van der Waals surface area contributed by atoms with Crippen LogP contribution >= 0.6 is 0 Å². The fourth-order valence-electron chi connectivity index (χ4n) is 2.27. The average Bonchev–Trinajstić information content (AvgIpc) is 2.83. The first-order chi connectivity index (χ1) is 10.8. The molecule has 23 heavy (non-hydrogen) atoms. The fraction of sp³-hybridized carbons (Fsp3) is 0.294. The third-order valence-electron chi connectivity index (χ3n) is 3.38. The lowest BCUT2D eigenvalue weighted by atomic mass is 9.96. The van der Waals surface area contributed by atoms with Gasteiger partial charge in [0.05, 0.1) is 12.7 Å². The third kappa shape index (κ3) is 4.50. The van der Waals surface area contributed by atoms with Crippen molar-refractivity contribution in [1.82, 2.24) is 10.3 Å². The van der Waals surface area contributed by atoms with E-state index < -0.39 is 17.3 Å². The second kappa shape index (κ2) is 6.75. The monoisotopic (exact) mass is 318 g/mol. The number of aryl methyl sites for hydroxylation is 2. The molecule has 0 bridgehead atoms. The number of rotatable bonds is 5. The van der Waals surface area contributed by atoms with Gasteiger partial charge in [-0.2, -0.15) is 0 Å². The SMILES string of the molecule is Cc1cc(C(C)(O)CNC(=O)/C=C/c2cncc(F)c2)c(C)o1. The van der Waals surface area contributed by atoms with Crippen LogP contribution in [0.5, 0.6) is 0 Å². The van der Waals surface area contributed by atoms with E-state index >= 15 is 0 Å². The van der Waals surface area contributed by atoms with Crippen LogP contribution in [-0.2, 0) is 10.4 Å². The number of pyridine rings is 1. The van der Waals surface area contributed by atoms with Gasteiger partial charge in [0, 0.05) is 17.8 Å². The van der Waals surface area contributed by atoms with Crippen LogP contribution in [0.25, 0.3) is 6.08 Å². The quantitative estimate of drug-likeness (QED) is 0.831. The zero-order valence-corrected chi connectivity index (χ0v) is 13.3. The highest BCUT2D eigenvalue weighted by atomic mass is 19.1. The number of carbonyl (C=O) groups is 1. The number of aliphatic hydroxyl groups is 1. The van der Waals surface area contributed by atoms with Gasteiger partial charge < -0.3 is 14.8 Å². The summed E-state index contributed by atoms with van der Waals surface area (Å²) in [6, 6.07) is 3.01. The van der Waals surface area contributed by atoms with Crippen LogP contribution in [0.4, 0.5) is 4.39 Å². The van der Waals surface area contributed by atoms with Crippen molar-refractivity contribution in [1.29, 1.82) is 0 Å². The molecule has 0 fully saturated rings. The number of hydrogen-bond donors (Lipinski definition) is 2. The summed E-state index contributed by atoms with van der Waals surface area (Å²) in [5, 5.41) is 13.1. The predicted molar refractivity (Wildman–Crippen MR) is 84.0 cm³/mol. The van der Waals surface area contributed by atoms with Crippen molar-refractivity contribution in [2.45, 2.75) is 26.4 Å². The number of furan rings is 1. The fourth-order valence-corrected chi connectivity index (χ4v) is 2.27. The van der Waals surface area contributed by atoms with E-state index in [1.807, 2.05) is 0 Å². The Morgan fingerprint density at radius 3 is 2.78 bits per heavy atom. The van der Waals surface area contributed by atoms with E-state index in [1.165, 1.54) is 24.4 Å². The molecule has 5 nitrogen and oxygen atoms in total. The Labute approximate surface area is 133 Å². The van der Waals surface area contributed by atoms with Crippen LogP contribution < -0.4 is 5.32 Å². The maximum atomic E-state index is 13.0. The van der Waals surface area contributed by atoms with Crippen LogP contribution in [0.1, 0.15) is 29.6 Å². The molecule has 0 saturated carbocycles. The van der Waals surface area contributed by atoms with Gasteiger partial charge >= 0.3 is 0 Å². The van der Waals surface area contributed by atoms with Crippen molar-refractivity contribution in [2.24, 2.45) is 0 Å². The standard InChI is InChI=1S/C17H19FN2O3/c1-11-6-15(12(2)23-11)17(3,22)10-20-16(21)5-4-13-7-14(18)9-19-8-13/h4-9,22H,10H2,1-3H3,(H,20,21)/b5-4+. The smallest absolute Gasteiger partial charge is 0.244 e. The molecule has 0 aliphatic rings. The molecule has 2 heterocycles. The van der Waals surface area contributed by atoms with Crippen LogP contribution in [-0.4, -0.2) is 22.5 Å².